The highest BCUT2D eigenvalue weighted by molar-refractivity contribution is 5.76. The molecule has 518 valence electrons. The van der Waals surface area contributed by atoms with Crippen molar-refractivity contribution >= 4 is 11.9 Å². The van der Waals surface area contributed by atoms with E-state index in [2.05, 4.69) is 67.8 Å². The molecule has 0 aliphatic carbocycles. The number of esters is 1. The number of amides is 1. The molecule has 0 aliphatic heterocycles. The smallest absolute Gasteiger partial charge is 0.305 e. The second-order valence-electron chi connectivity index (χ2n) is 27.4. The molecule has 3 N–H and O–H groups in total. The van der Waals surface area contributed by atoms with Crippen LogP contribution in [-0.4, -0.2) is 47.4 Å². The van der Waals surface area contributed by atoms with E-state index in [1.165, 1.54) is 347 Å². The summed E-state index contributed by atoms with van der Waals surface area (Å²) in [5.74, 6) is -0.0234. The van der Waals surface area contributed by atoms with Crippen LogP contribution < -0.4 is 5.32 Å². The zero-order valence-electron chi connectivity index (χ0n) is 59.5. The van der Waals surface area contributed by atoms with Crippen LogP contribution in [0.5, 0.6) is 0 Å². The largest absolute Gasteiger partial charge is 0.466 e. The minimum absolute atomic E-state index is 0.00442. The maximum absolute atomic E-state index is 12.6. The molecule has 6 nitrogen and oxygen atoms in total. The molecule has 1 amide bonds. The zero-order valence-corrected chi connectivity index (χ0v) is 59.5. The lowest BCUT2D eigenvalue weighted by molar-refractivity contribution is -0.143. The van der Waals surface area contributed by atoms with Crippen molar-refractivity contribution in [3.8, 4) is 0 Å². The average molecular weight is 1240 g/mol. The molecule has 0 saturated carbocycles. The number of carbonyl (C=O) groups excluding carboxylic acids is 2. The van der Waals surface area contributed by atoms with Crippen molar-refractivity contribution in [2.24, 2.45) is 0 Å². The molecule has 0 aromatic rings. The summed E-state index contributed by atoms with van der Waals surface area (Å²) in [5.41, 5.74) is 0. The van der Waals surface area contributed by atoms with Crippen molar-refractivity contribution in [3.05, 3.63) is 48.6 Å². The number of aliphatic hydroxyl groups excluding tert-OH is 2. The molecule has 0 saturated heterocycles. The number of ether oxygens (including phenoxy) is 1. The SMILES string of the molecule is CCCC/C=C\C/C=C\CCCCCCCC(=O)OCCCCCCCCCCCCCCC/C=C\C/C=C\CCCCCCCCCCCCCCCCCCCC(=O)NC(CO)C(O)CCCCCCCCCCCCCCCCCCCCCC. The van der Waals surface area contributed by atoms with Gasteiger partial charge in [0.2, 0.25) is 5.91 Å². The van der Waals surface area contributed by atoms with Crippen molar-refractivity contribution in [2.45, 2.75) is 450 Å². The molecule has 0 spiro atoms. The van der Waals surface area contributed by atoms with Crippen molar-refractivity contribution in [1.29, 1.82) is 0 Å². The molecule has 0 radical (unpaired) electrons. The van der Waals surface area contributed by atoms with Gasteiger partial charge >= 0.3 is 5.97 Å². The molecule has 2 atom stereocenters. The van der Waals surface area contributed by atoms with Crippen LogP contribution in [0.4, 0.5) is 0 Å². The molecule has 0 heterocycles. The normalized spacial score (nSPS) is 12.7. The van der Waals surface area contributed by atoms with Crippen molar-refractivity contribution in [3.63, 3.8) is 0 Å². The number of carbonyl (C=O) groups is 2. The van der Waals surface area contributed by atoms with Crippen LogP contribution in [0, 0.1) is 0 Å². The van der Waals surface area contributed by atoms with Crippen LogP contribution in [0.25, 0.3) is 0 Å². The summed E-state index contributed by atoms with van der Waals surface area (Å²) in [5, 5.41) is 23.4. The highest BCUT2D eigenvalue weighted by Gasteiger charge is 2.20. The van der Waals surface area contributed by atoms with Crippen LogP contribution >= 0.6 is 0 Å². The van der Waals surface area contributed by atoms with E-state index >= 15 is 0 Å². The number of rotatable bonds is 75. The minimum atomic E-state index is -0.664. The zero-order chi connectivity index (χ0) is 63.5. The van der Waals surface area contributed by atoms with Gasteiger partial charge in [-0.15, -0.1) is 0 Å². The summed E-state index contributed by atoms with van der Waals surface area (Å²) in [6, 6.07) is -0.541. The van der Waals surface area contributed by atoms with E-state index in [4.69, 9.17) is 4.74 Å². The lowest BCUT2D eigenvalue weighted by atomic mass is 10.0. The van der Waals surface area contributed by atoms with E-state index in [1.54, 1.807) is 0 Å². The first-order chi connectivity index (χ1) is 43.5. The van der Waals surface area contributed by atoms with Crippen LogP contribution in [0.15, 0.2) is 48.6 Å². The van der Waals surface area contributed by atoms with E-state index in [9.17, 15) is 19.8 Å². The fraction of sp³-hybridized carbons (Fsp3) is 0.878. The predicted octanol–water partition coefficient (Wildman–Crippen LogP) is 26.4. The third-order valence-corrected chi connectivity index (χ3v) is 18.6. The Morgan fingerprint density at radius 1 is 0.318 bits per heavy atom. The first-order valence-corrected chi connectivity index (χ1v) is 39.9. The highest BCUT2D eigenvalue weighted by Crippen LogP contribution is 2.20. The molecule has 0 fully saturated rings. The molecule has 0 aromatic carbocycles. The summed E-state index contributed by atoms with van der Waals surface area (Å²) in [6.07, 6.45) is 102. The molecule has 0 aliphatic rings. The predicted molar refractivity (Wildman–Crippen MR) is 389 cm³/mol. The molecule has 0 bridgehead atoms. The Labute approximate surface area is 550 Å². The van der Waals surface area contributed by atoms with Gasteiger partial charge in [-0.1, -0.05) is 390 Å². The Kier molecular flexibility index (Phi) is 75.4. The summed E-state index contributed by atoms with van der Waals surface area (Å²) in [4.78, 5) is 24.6. The summed E-state index contributed by atoms with van der Waals surface area (Å²) < 4.78 is 5.49. The Bertz CT molecular complexity index is 1470. The number of unbranched alkanes of at least 4 members (excludes halogenated alkanes) is 56. The Balaban J connectivity index is 3.37. The Morgan fingerprint density at radius 2 is 0.580 bits per heavy atom. The number of hydrogen-bond donors (Lipinski definition) is 3. The van der Waals surface area contributed by atoms with Gasteiger partial charge in [0.05, 0.1) is 25.4 Å². The maximum Gasteiger partial charge on any atom is 0.305 e. The first kappa shape index (κ1) is 85.8. The second-order valence-corrected chi connectivity index (χ2v) is 27.4. The summed E-state index contributed by atoms with van der Waals surface area (Å²) in [7, 11) is 0. The number of aliphatic hydroxyl groups is 2. The molecule has 0 aromatic heterocycles. The molecular formula is C82H155NO5. The van der Waals surface area contributed by atoms with Crippen LogP contribution in [0.2, 0.25) is 0 Å². The summed E-state index contributed by atoms with van der Waals surface area (Å²) >= 11 is 0. The third kappa shape index (κ3) is 72.9. The topological polar surface area (TPSA) is 95.9 Å². The van der Waals surface area contributed by atoms with Gasteiger partial charge in [-0.2, -0.15) is 0 Å². The highest BCUT2D eigenvalue weighted by atomic mass is 16.5. The van der Waals surface area contributed by atoms with Gasteiger partial charge < -0.3 is 20.3 Å². The van der Waals surface area contributed by atoms with E-state index < -0.39 is 12.1 Å². The van der Waals surface area contributed by atoms with E-state index in [-0.39, 0.29) is 18.5 Å². The molecule has 6 heteroatoms. The van der Waals surface area contributed by atoms with Gasteiger partial charge in [-0.25, -0.2) is 0 Å². The van der Waals surface area contributed by atoms with Crippen molar-refractivity contribution < 1.29 is 24.5 Å². The maximum atomic E-state index is 12.6. The fourth-order valence-electron chi connectivity index (χ4n) is 12.5. The lowest BCUT2D eigenvalue weighted by Crippen LogP contribution is -2.45. The van der Waals surface area contributed by atoms with Crippen LogP contribution in [-0.2, 0) is 14.3 Å². The van der Waals surface area contributed by atoms with Gasteiger partial charge in [0.1, 0.15) is 0 Å². The van der Waals surface area contributed by atoms with Crippen LogP contribution in [0.3, 0.4) is 0 Å². The Morgan fingerprint density at radius 3 is 0.898 bits per heavy atom. The minimum Gasteiger partial charge on any atom is -0.466 e. The molecular weight excluding hydrogens is 1080 g/mol. The van der Waals surface area contributed by atoms with Gasteiger partial charge in [-0.05, 0) is 83.5 Å². The third-order valence-electron chi connectivity index (χ3n) is 18.6. The van der Waals surface area contributed by atoms with E-state index in [0.29, 0.717) is 25.9 Å². The monoisotopic (exact) mass is 1230 g/mol. The van der Waals surface area contributed by atoms with E-state index in [0.717, 1.165) is 57.8 Å². The Hall–Kier alpha value is -2.18. The fourth-order valence-corrected chi connectivity index (χ4v) is 12.5. The van der Waals surface area contributed by atoms with Gasteiger partial charge in [-0.3, -0.25) is 9.59 Å². The van der Waals surface area contributed by atoms with Crippen LogP contribution in [0.1, 0.15) is 438 Å². The van der Waals surface area contributed by atoms with Crippen molar-refractivity contribution in [2.75, 3.05) is 13.2 Å². The average Bonchev–Trinajstić information content (AvgIpc) is 3.58. The lowest BCUT2D eigenvalue weighted by Gasteiger charge is -2.22. The van der Waals surface area contributed by atoms with Gasteiger partial charge in [0, 0.05) is 12.8 Å². The molecule has 0 rings (SSSR count). The molecule has 88 heavy (non-hydrogen) atoms. The van der Waals surface area contributed by atoms with E-state index in [1.807, 2.05) is 0 Å². The van der Waals surface area contributed by atoms with Gasteiger partial charge in [0.25, 0.3) is 0 Å². The van der Waals surface area contributed by atoms with Gasteiger partial charge in [0.15, 0.2) is 0 Å². The first-order valence-electron chi connectivity index (χ1n) is 39.9. The standard InChI is InChI=1S/C82H155NO5/c1-3-5-7-9-11-13-15-17-19-20-21-41-44-47-50-54-58-62-66-70-74-80(85)79(78-84)83-81(86)75-71-67-63-59-55-51-48-45-42-39-37-35-33-31-29-27-25-23-22-24-26-28-30-32-34-36-38-40-43-46-49-53-57-61-65-69-73-77-88-82(87)76-72-68-64-60-56-52-18-16-14-12-10-8-6-4-2/h10,12,16,18,22,24,28,30,79-80,84-85H,3-9,11,13-15,17,19-21,23,25-27,29,31-78H2,1-2H3,(H,83,86)/b12-10-,18-16-,24-22-,30-28-. The van der Waals surface area contributed by atoms with Crippen molar-refractivity contribution in [1.82, 2.24) is 5.32 Å². The quantitative estimate of drug-likeness (QED) is 0.0320. The molecule has 2 unspecified atom stereocenters. The number of nitrogens with one attached hydrogen (secondary N) is 1. The summed E-state index contributed by atoms with van der Waals surface area (Å²) in [6.45, 7) is 4.95. The second kappa shape index (κ2) is 77.3. The number of hydrogen-bond acceptors (Lipinski definition) is 5. The number of allylic oxidation sites excluding steroid dienone is 8.